The maximum Gasteiger partial charge on any atom is 0.312 e. The number of nitrogens with one attached hydrogen (secondary N) is 1. The van der Waals surface area contributed by atoms with Gasteiger partial charge in [0, 0.05) is 23.3 Å². The van der Waals surface area contributed by atoms with Gasteiger partial charge in [-0.25, -0.2) is 18.5 Å². The van der Waals surface area contributed by atoms with E-state index < -0.39 is 14.9 Å². The molecule has 0 unspecified atom stereocenters. The topological polar surface area (TPSA) is 128 Å². The number of sulfonamides is 1. The zero-order valence-electron chi connectivity index (χ0n) is 8.46. The van der Waals surface area contributed by atoms with Crippen LogP contribution in [0.3, 0.4) is 0 Å². The van der Waals surface area contributed by atoms with Crippen LogP contribution < -0.4 is 10.5 Å². The van der Waals surface area contributed by atoms with Gasteiger partial charge in [-0.2, -0.15) is 0 Å². The molecular weight excluding hydrogens is 316 g/mol. The second-order valence-corrected chi connectivity index (χ2v) is 5.72. The van der Waals surface area contributed by atoms with E-state index in [1.165, 1.54) is 12.3 Å². The number of aromatic nitrogens is 1. The third-order valence-electron chi connectivity index (χ3n) is 1.71. The van der Waals surface area contributed by atoms with E-state index in [0.717, 1.165) is 0 Å². The molecule has 0 amide bonds. The van der Waals surface area contributed by atoms with Crippen molar-refractivity contribution in [3.05, 3.63) is 26.9 Å². The molecule has 17 heavy (non-hydrogen) atoms. The van der Waals surface area contributed by atoms with Crippen molar-refractivity contribution in [1.82, 2.24) is 4.98 Å². The minimum Gasteiger partial charge on any atom is -0.363 e. The average Bonchev–Trinajstić information content (AvgIpc) is 2.18. The predicted octanol–water partition coefficient (Wildman–Crippen LogP) is 0.453. The van der Waals surface area contributed by atoms with Crippen molar-refractivity contribution in [2.45, 2.75) is 0 Å². The van der Waals surface area contributed by atoms with Gasteiger partial charge in [0.25, 0.3) is 0 Å². The van der Waals surface area contributed by atoms with Crippen molar-refractivity contribution in [1.29, 1.82) is 0 Å². The highest BCUT2D eigenvalue weighted by Crippen LogP contribution is 2.24. The highest BCUT2D eigenvalue weighted by atomic mass is 79.9. The fraction of sp³-hybridized carbons (Fsp3) is 0.286. The molecule has 3 N–H and O–H groups in total. The minimum absolute atomic E-state index is 0.00171. The van der Waals surface area contributed by atoms with Gasteiger partial charge in [0.05, 0.1) is 10.7 Å². The maximum atomic E-state index is 10.7. The van der Waals surface area contributed by atoms with E-state index in [0.29, 0.717) is 4.47 Å². The molecular formula is C7H9BrN4O4S. The zero-order valence-corrected chi connectivity index (χ0v) is 10.9. The summed E-state index contributed by atoms with van der Waals surface area (Å²) in [5.41, 5.74) is -0.242. The summed E-state index contributed by atoms with van der Waals surface area (Å²) < 4.78 is 21.8. The molecule has 1 heterocycles. The smallest absolute Gasteiger partial charge is 0.312 e. The summed E-state index contributed by atoms with van der Waals surface area (Å²) >= 11 is 3.05. The Bertz CT molecular complexity index is 533. The normalized spacial score (nSPS) is 11.2. The van der Waals surface area contributed by atoms with Crippen molar-refractivity contribution >= 4 is 37.5 Å². The van der Waals surface area contributed by atoms with Gasteiger partial charge in [0.15, 0.2) is 0 Å². The molecule has 0 aliphatic heterocycles. The molecule has 10 heteroatoms. The number of rotatable bonds is 5. The van der Waals surface area contributed by atoms with Gasteiger partial charge in [0.1, 0.15) is 0 Å². The first-order valence-corrected chi connectivity index (χ1v) is 6.85. The Morgan fingerprint density at radius 3 is 2.76 bits per heavy atom. The number of nitro groups is 1. The summed E-state index contributed by atoms with van der Waals surface area (Å²) in [7, 11) is -3.60. The summed E-state index contributed by atoms with van der Waals surface area (Å²) in [6.45, 7) is -0.0473. The largest absolute Gasteiger partial charge is 0.363 e. The quantitative estimate of drug-likeness (QED) is 0.597. The zero-order chi connectivity index (χ0) is 13.1. The van der Waals surface area contributed by atoms with Crippen molar-refractivity contribution < 1.29 is 13.3 Å². The Labute approximate surface area is 106 Å². The third kappa shape index (κ3) is 4.63. The Hall–Kier alpha value is -1.26. The van der Waals surface area contributed by atoms with Crippen molar-refractivity contribution in [3.63, 3.8) is 0 Å². The number of nitrogens with two attached hydrogens (primary N) is 1. The van der Waals surface area contributed by atoms with E-state index in [1.54, 1.807) is 0 Å². The molecule has 1 aromatic rings. The van der Waals surface area contributed by atoms with Gasteiger partial charge in [-0.15, -0.1) is 0 Å². The van der Waals surface area contributed by atoms with Gasteiger partial charge in [-0.1, -0.05) is 0 Å². The summed E-state index contributed by atoms with van der Waals surface area (Å²) in [4.78, 5) is 13.9. The van der Waals surface area contributed by atoms with Gasteiger partial charge in [-0.3, -0.25) is 10.1 Å². The number of pyridine rings is 1. The fourth-order valence-electron chi connectivity index (χ4n) is 1.02. The van der Waals surface area contributed by atoms with Gasteiger partial charge >= 0.3 is 5.69 Å². The number of halogens is 1. The van der Waals surface area contributed by atoms with E-state index in [-0.39, 0.29) is 23.8 Å². The van der Waals surface area contributed by atoms with Crippen LogP contribution in [-0.2, 0) is 10.0 Å². The van der Waals surface area contributed by atoms with Crippen LogP contribution in [0.5, 0.6) is 0 Å². The van der Waals surface area contributed by atoms with Crippen LogP contribution >= 0.6 is 15.9 Å². The molecule has 0 saturated carbocycles. The maximum absolute atomic E-state index is 10.7. The monoisotopic (exact) mass is 324 g/mol. The molecule has 0 bridgehead atoms. The molecule has 0 fully saturated rings. The number of nitrogens with zero attached hydrogens (tertiary/aromatic N) is 2. The highest BCUT2D eigenvalue weighted by Gasteiger charge is 2.15. The first-order chi connectivity index (χ1) is 7.79. The SMILES string of the molecule is NS(=O)(=O)CCNc1ncc(Br)cc1[N+](=O)[O-]. The molecule has 0 aliphatic carbocycles. The molecule has 0 atom stereocenters. The first kappa shape index (κ1) is 13.8. The Morgan fingerprint density at radius 2 is 2.24 bits per heavy atom. The lowest BCUT2D eigenvalue weighted by Gasteiger charge is -2.05. The van der Waals surface area contributed by atoms with E-state index in [9.17, 15) is 18.5 Å². The van der Waals surface area contributed by atoms with Crippen LogP contribution in [0.1, 0.15) is 0 Å². The Balaban J connectivity index is 2.81. The van der Waals surface area contributed by atoms with E-state index in [1.807, 2.05) is 0 Å². The van der Waals surface area contributed by atoms with E-state index in [2.05, 4.69) is 26.2 Å². The summed E-state index contributed by atoms with van der Waals surface area (Å²) in [6, 6.07) is 1.27. The number of primary sulfonamides is 1. The highest BCUT2D eigenvalue weighted by molar-refractivity contribution is 9.10. The number of hydrogen-bond donors (Lipinski definition) is 2. The van der Waals surface area contributed by atoms with Gasteiger partial charge in [0.2, 0.25) is 15.8 Å². The lowest BCUT2D eigenvalue weighted by Crippen LogP contribution is -2.22. The summed E-state index contributed by atoms with van der Waals surface area (Å²) in [5.74, 6) is -0.330. The second-order valence-electron chi connectivity index (χ2n) is 3.07. The van der Waals surface area contributed by atoms with E-state index >= 15 is 0 Å². The predicted molar refractivity (Wildman–Crippen MR) is 65.1 cm³/mol. The lowest BCUT2D eigenvalue weighted by atomic mass is 10.4. The van der Waals surface area contributed by atoms with Crippen LogP contribution in [0.15, 0.2) is 16.7 Å². The first-order valence-electron chi connectivity index (χ1n) is 4.34. The van der Waals surface area contributed by atoms with Crippen molar-refractivity contribution in [3.8, 4) is 0 Å². The number of hydrogen-bond acceptors (Lipinski definition) is 6. The molecule has 94 valence electrons. The Morgan fingerprint density at radius 1 is 1.59 bits per heavy atom. The van der Waals surface area contributed by atoms with Crippen molar-refractivity contribution in [2.24, 2.45) is 5.14 Å². The lowest BCUT2D eigenvalue weighted by molar-refractivity contribution is -0.384. The molecule has 8 nitrogen and oxygen atoms in total. The van der Waals surface area contributed by atoms with Crippen molar-refractivity contribution in [2.75, 3.05) is 17.6 Å². The van der Waals surface area contributed by atoms with Crippen LogP contribution in [0, 0.1) is 10.1 Å². The van der Waals surface area contributed by atoms with Gasteiger partial charge in [-0.05, 0) is 15.9 Å². The molecule has 0 aliphatic rings. The Kier molecular flexibility index (Phi) is 4.37. The molecule has 0 radical (unpaired) electrons. The second kappa shape index (κ2) is 5.38. The molecule has 1 aromatic heterocycles. The van der Waals surface area contributed by atoms with Crippen LogP contribution in [0.25, 0.3) is 0 Å². The molecule has 0 spiro atoms. The minimum atomic E-state index is -3.60. The standard InChI is InChI=1S/C7H9BrN4O4S/c8-5-3-6(12(13)14)7(11-4-5)10-1-2-17(9,15)16/h3-4H,1-2H2,(H,10,11)(H2,9,15,16). The fourth-order valence-corrected chi connectivity index (χ4v) is 1.72. The summed E-state index contributed by atoms with van der Waals surface area (Å²) in [6.07, 6.45) is 1.37. The third-order valence-corrected chi connectivity index (χ3v) is 2.92. The van der Waals surface area contributed by atoms with Crippen LogP contribution in [0.4, 0.5) is 11.5 Å². The average molecular weight is 325 g/mol. The van der Waals surface area contributed by atoms with Crippen LogP contribution in [0.2, 0.25) is 0 Å². The van der Waals surface area contributed by atoms with E-state index in [4.69, 9.17) is 5.14 Å². The van der Waals surface area contributed by atoms with Gasteiger partial charge < -0.3 is 5.32 Å². The number of anilines is 1. The molecule has 0 saturated heterocycles. The molecule has 1 rings (SSSR count). The van der Waals surface area contributed by atoms with Crippen LogP contribution in [-0.4, -0.2) is 30.6 Å². The molecule has 0 aromatic carbocycles. The summed E-state index contributed by atoms with van der Waals surface area (Å²) in [5, 5.41) is 18.0.